The van der Waals surface area contributed by atoms with Crippen LogP contribution in [0.5, 0.6) is 0 Å². The fourth-order valence-electron chi connectivity index (χ4n) is 2.40. The molecule has 1 aliphatic carbocycles. The quantitative estimate of drug-likeness (QED) is 0.719. The Morgan fingerprint density at radius 1 is 1.44 bits per heavy atom. The molecule has 2 unspecified atom stereocenters. The summed E-state index contributed by atoms with van der Waals surface area (Å²) in [5, 5.41) is 15.9. The van der Waals surface area contributed by atoms with Gasteiger partial charge in [0.1, 0.15) is 5.82 Å². The number of aromatic nitrogens is 2. The molecule has 0 saturated heterocycles. The maximum Gasteiger partial charge on any atom is 0.224 e. The van der Waals surface area contributed by atoms with Crippen LogP contribution in [0.4, 0.5) is 11.8 Å². The number of rotatable bonds is 6. The molecule has 1 aliphatic rings. The van der Waals surface area contributed by atoms with Gasteiger partial charge in [0.15, 0.2) is 0 Å². The average Bonchev–Trinajstić information content (AvgIpc) is 2.84. The SMILES string of the molecule is CCCNc1nccc(NC2CCCC2CO)n1. The molecule has 2 atom stereocenters. The molecule has 0 radical (unpaired) electrons. The van der Waals surface area contributed by atoms with Crippen molar-refractivity contribution in [1.29, 1.82) is 0 Å². The van der Waals surface area contributed by atoms with Gasteiger partial charge in [-0.15, -0.1) is 0 Å². The van der Waals surface area contributed by atoms with Gasteiger partial charge >= 0.3 is 0 Å². The van der Waals surface area contributed by atoms with Crippen LogP contribution in [0, 0.1) is 5.92 Å². The minimum absolute atomic E-state index is 0.254. The highest BCUT2D eigenvalue weighted by atomic mass is 16.3. The predicted octanol–water partition coefficient (Wildman–Crippen LogP) is 1.87. The second kappa shape index (κ2) is 6.54. The highest BCUT2D eigenvalue weighted by molar-refractivity contribution is 5.40. The normalized spacial score (nSPS) is 23.0. The van der Waals surface area contributed by atoms with Gasteiger partial charge in [0.2, 0.25) is 5.95 Å². The van der Waals surface area contributed by atoms with Crippen LogP contribution in [0.3, 0.4) is 0 Å². The van der Waals surface area contributed by atoms with Gasteiger partial charge in [-0.2, -0.15) is 4.98 Å². The zero-order valence-corrected chi connectivity index (χ0v) is 10.9. The number of aliphatic hydroxyl groups excluding tert-OH is 1. The van der Waals surface area contributed by atoms with E-state index in [0.29, 0.717) is 17.9 Å². The monoisotopic (exact) mass is 250 g/mol. The minimum atomic E-state index is 0.254. The molecule has 1 aromatic heterocycles. The van der Waals surface area contributed by atoms with Crippen molar-refractivity contribution in [3.63, 3.8) is 0 Å². The van der Waals surface area contributed by atoms with Crippen molar-refractivity contribution in [2.24, 2.45) is 5.92 Å². The van der Waals surface area contributed by atoms with Crippen LogP contribution in [-0.4, -0.2) is 34.3 Å². The highest BCUT2D eigenvalue weighted by Gasteiger charge is 2.26. The van der Waals surface area contributed by atoms with E-state index >= 15 is 0 Å². The Morgan fingerprint density at radius 2 is 2.33 bits per heavy atom. The van der Waals surface area contributed by atoms with E-state index < -0.39 is 0 Å². The molecule has 0 spiro atoms. The van der Waals surface area contributed by atoms with Gasteiger partial charge in [0.05, 0.1) is 0 Å². The first-order valence-corrected chi connectivity index (χ1v) is 6.77. The van der Waals surface area contributed by atoms with Gasteiger partial charge in [-0.25, -0.2) is 4.98 Å². The molecule has 1 aromatic rings. The second-order valence-corrected chi connectivity index (χ2v) is 4.82. The molecule has 1 saturated carbocycles. The third kappa shape index (κ3) is 3.32. The summed E-state index contributed by atoms with van der Waals surface area (Å²) in [7, 11) is 0. The maximum atomic E-state index is 9.30. The zero-order valence-electron chi connectivity index (χ0n) is 10.9. The van der Waals surface area contributed by atoms with Crippen molar-refractivity contribution < 1.29 is 5.11 Å². The topological polar surface area (TPSA) is 70.1 Å². The first kappa shape index (κ1) is 13.1. The summed E-state index contributed by atoms with van der Waals surface area (Å²) in [5.41, 5.74) is 0. The first-order chi connectivity index (χ1) is 8.83. The van der Waals surface area contributed by atoms with Crippen molar-refractivity contribution in [3.05, 3.63) is 12.3 Å². The van der Waals surface area contributed by atoms with Crippen LogP contribution in [0.15, 0.2) is 12.3 Å². The van der Waals surface area contributed by atoms with Gasteiger partial charge in [-0.05, 0) is 25.3 Å². The fourth-order valence-corrected chi connectivity index (χ4v) is 2.40. The Balaban J connectivity index is 1.96. The van der Waals surface area contributed by atoms with Crippen LogP contribution in [0.2, 0.25) is 0 Å². The lowest BCUT2D eigenvalue weighted by atomic mass is 10.1. The number of nitrogens with zero attached hydrogens (tertiary/aromatic N) is 2. The van der Waals surface area contributed by atoms with E-state index in [0.717, 1.165) is 31.6 Å². The fraction of sp³-hybridized carbons (Fsp3) is 0.692. The molecule has 5 nitrogen and oxygen atoms in total. The van der Waals surface area contributed by atoms with Gasteiger partial charge in [0.25, 0.3) is 0 Å². The average molecular weight is 250 g/mol. The van der Waals surface area contributed by atoms with Crippen molar-refractivity contribution in [2.45, 2.75) is 38.6 Å². The van der Waals surface area contributed by atoms with Crippen LogP contribution in [0.25, 0.3) is 0 Å². The van der Waals surface area contributed by atoms with Crippen LogP contribution in [-0.2, 0) is 0 Å². The summed E-state index contributed by atoms with van der Waals surface area (Å²) in [6.07, 6.45) is 6.19. The molecule has 1 fully saturated rings. The lowest BCUT2D eigenvalue weighted by Gasteiger charge is -2.19. The van der Waals surface area contributed by atoms with Gasteiger partial charge < -0.3 is 15.7 Å². The van der Waals surface area contributed by atoms with Crippen LogP contribution >= 0.6 is 0 Å². The first-order valence-electron chi connectivity index (χ1n) is 6.77. The molecule has 5 heteroatoms. The molecule has 0 bridgehead atoms. The molecule has 0 aromatic carbocycles. The third-order valence-corrected chi connectivity index (χ3v) is 3.42. The highest BCUT2D eigenvalue weighted by Crippen LogP contribution is 2.27. The Morgan fingerprint density at radius 3 is 3.11 bits per heavy atom. The van der Waals surface area contributed by atoms with Crippen LogP contribution < -0.4 is 10.6 Å². The number of aliphatic hydroxyl groups is 1. The summed E-state index contributed by atoms with van der Waals surface area (Å²) in [6.45, 7) is 3.25. The zero-order chi connectivity index (χ0) is 12.8. The largest absolute Gasteiger partial charge is 0.396 e. The molecule has 18 heavy (non-hydrogen) atoms. The summed E-state index contributed by atoms with van der Waals surface area (Å²) in [5.74, 6) is 1.86. The molecule has 0 aliphatic heterocycles. The van der Waals surface area contributed by atoms with Gasteiger partial charge in [-0.1, -0.05) is 13.3 Å². The molecular formula is C13H22N4O. The number of hydrogen-bond acceptors (Lipinski definition) is 5. The van der Waals surface area contributed by atoms with E-state index in [-0.39, 0.29) is 6.61 Å². The number of nitrogens with one attached hydrogen (secondary N) is 2. The van der Waals surface area contributed by atoms with Crippen LogP contribution in [0.1, 0.15) is 32.6 Å². The Hall–Kier alpha value is -1.36. The lowest BCUT2D eigenvalue weighted by Crippen LogP contribution is -2.26. The Labute approximate surface area is 108 Å². The van der Waals surface area contributed by atoms with E-state index in [1.54, 1.807) is 6.20 Å². The van der Waals surface area contributed by atoms with E-state index in [2.05, 4.69) is 27.5 Å². The molecule has 2 rings (SSSR count). The summed E-state index contributed by atoms with van der Waals surface area (Å²) in [4.78, 5) is 8.61. The molecule has 100 valence electrons. The molecule has 1 heterocycles. The predicted molar refractivity (Wildman–Crippen MR) is 72.7 cm³/mol. The number of hydrogen-bond donors (Lipinski definition) is 3. The maximum absolute atomic E-state index is 9.30. The second-order valence-electron chi connectivity index (χ2n) is 4.82. The van der Waals surface area contributed by atoms with E-state index in [4.69, 9.17) is 0 Å². The van der Waals surface area contributed by atoms with Crippen molar-refractivity contribution in [3.8, 4) is 0 Å². The molecule has 0 amide bonds. The van der Waals surface area contributed by atoms with Crippen molar-refractivity contribution >= 4 is 11.8 Å². The molecule has 3 N–H and O–H groups in total. The minimum Gasteiger partial charge on any atom is -0.396 e. The van der Waals surface area contributed by atoms with Crippen molar-refractivity contribution in [1.82, 2.24) is 9.97 Å². The number of anilines is 2. The van der Waals surface area contributed by atoms with Crippen molar-refractivity contribution in [2.75, 3.05) is 23.8 Å². The molecular weight excluding hydrogens is 228 g/mol. The summed E-state index contributed by atoms with van der Waals surface area (Å²) in [6, 6.07) is 2.22. The smallest absolute Gasteiger partial charge is 0.224 e. The summed E-state index contributed by atoms with van der Waals surface area (Å²) >= 11 is 0. The van der Waals surface area contributed by atoms with E-state index in [1.165, 1.54) is 6.42 Å². The Kier molecular flexibility index (Phi) is 4.75. The lowest BCUT2D eigenvalue weighted by molar-refractivity contribution is 0.222. The van der Waals surface area contributed by atoms with E-state index in [9.17, 15) is 5.11 Å². The van der Waals surface area contributed by atoms with E-state index in [1.807, 2.05) is 6.07 Å². The van der Waals surface area contributed by atoms with Gasteiger partial charge in [0, 0.05) is 31.3 Å². The Bertz CT molecular complexity index is 372. The third-order valence-electron chi connectivity index (χ3n) is 3.42. The summed E-state index contributed by atoms with van der Waals surface area (Å²) < 4.78 is 0. The van der Waals surface area contributed by atoms with Gasteiger partial charge in [-0.3, -0.25) is 0 Å². The standard InChI is InChI=1S/C13H22N4O/c1-2-7-14-13-15-8-6-12(17-13)16-11-5-3-4-10(11)9-18/h6,8,10-11,18H,2-5,7,9H2,1H3,(H2,14,15,16,17).